The number of carbonyl (C=O) groups excluding carboxylic acids is 2. The maximum absolute atomic E-state index is 12.3. The summed E-state index contributed by atoms with van der Waals surface area (Å²) in [4.78, 5) is 28.2. The maximum atomic E-state index is 12.3. The lowest BCUT2D eigenvalue weighted by atomic mass is 9.88. The van der Waals surface area contributed by atoms with Crippen molar-refractivity contribution in [2.24, 2.45) is 0 Å². The van der Waals surface area contributed by atoms with Crippen LogP contribution >= 0.6 is 15.9 Å². The van der Waals surface area contributed by atoms with Gasteiger partial charge in [0.15, 0.2) is 11.4 Å². The van der Waals surface area contributed by atoms with Crippen LogP contribution in [0.2, 0.25) is 0 Å². The number of pyridine rings is 1. The van der Waals surface area contributed by atoms with E-state index in [4.69, 9.17) is 0 Å². The van der Waals surface area contributed by atoms with Gasteiger partial charge in [-0.2, -0.15) is 0 Å². The van der Waals surface area contributed by atoms with Crippen LogP contribution in [0.15, 0.2) is 47.2 Å². The Morgan fingerprint density at radius 3 is 2.90 bits per heavy atom. The first-order valence-corrected chi connectivity index (χ1v) is 7.07. The standard InChI is InChI=1S/C15H11BrN2O3/c16-10-3-4-12-11(6-10)15(21,14(20)18-12)7-13(19)9-2-1-5-17-8-9/h1-6,8,21H,7H2,(H,18,20)/t15-/m0/s1. The lowest BCUT2D eigenvalue weighted by Crippen LogP contribution is -2.36. The number of hydrogen-bond donors (Lipinski definition) is 2. The average molecular weight is 347 g/mol. The average Bonchev–Trinajstić information content (AvgIpc) is 2.72. The van der Waals surface area contributed by atoms with Crippen LogP contribution in [0.3, 0.4) is 0 Å². The van der Waals surface area contributed by atoms with E-state index in [2.05, 4.69) is 26.2 Å². The van der Waals surface area contributed by atoms with E-state index >= 15 is 0 Å². The number of nitrogens with one attached hydrogen (secondary N) is 1. The normalized spacial score (nSPS) is 20.0. The summed E-state index contributed by atoms with van der Waals surface area (Å²) in [6, 6.07) is 8.32. The highest BCUT2D eigenvalue weighted by Gasteiger charge is 2.46. The molecule has 1 aromatic carbocycles. The summed E-state index contributed by atoms with van der Waals surface area (Å²) < 4.78 is 0.727. The first-order valence-electron chi connectivity index (χ1n) is 6.28. The number of carbonyl (C=O) groups is 2. The van der Waals surface area contributed by atoms with Gasteiger partial charge in [-0.25, -0.2) is 0 Å². The molecule has 2 aromatic rings. The Morgan fingerprint density at radius 2 is 2.19 bits per heavy atom. The molecule has 1 aliphatic heterocycles. The minimum Gasteiger partial charge on any atom is -0.375 e. The van der Waals surface area contributed by atoms with Crippen LogP contribution in [0.5, 0.6) is 0 Å². The van der Waals surface area contributed by atoms with E-state index in [1.807, 2.05) is 0 Å². The summed E-state index contributed by atoms with van der Waals surface area (Å²) in [7, 11) is 0. The van der Waals surface area contributed by atoms with Gasteiger partial charge in [-0.15, -0.1) is 0 Å². The van der Waals surface area contributed by atoms with Gasteiger partial charge in [0.2, 0.25) is 0 Å². The summed E-state index contributed by atoms with van der Waals surface area (Å²) in [5, 5.41) is 13.3. The fourth-order valence-electron chi connectivity index (χ4n) is 2.35. The Morgan fingerprint density at radius 1 is 1.38 bits per heavy atom. The minimum atomic E-state index is -1.86. The number of Topliss-reactive ketones (excluding diaryl/α,β-unsaturated/α-hetero) is 1. The molecule has 2 heterocycles. The van der Waals surface area contributed by atoms with Gasteiger partial charge in [0.1, 0.15) is 0 Å². The third-order valence-corrected chi connectivity index (χ3v) is 3.94. The van der Waals surface area contributed by atoms with E-state index < -0.39 is 11.5 Å². The predicted molar refractivity (Wildman–Crippen MR) is 79.9 cm³/mol. The molecule has 0 unspecified atom stereocenters. The van der Waals surface area contributed by atoms with Crippen molar-refractivity contribution in [1.29, 1.82) is 0 Å². The van der Waals surface area contributed by atoms with Crippen LogP contribution < -0.4 is 5.32 Å². The molecular formula is C15H11BrN2O3. The van der Waals surface area contributed by atoms with Gasteiger partial charge in [-0.1, -0.05) is 15.9 Å². The lowest BCUT2D eigenvalue weighted by molar-refractivity contribution is -0.133. The number of fused-ring (bicyclic) bond motifs is 1. The summed E-state index contributed by atoms with van der Waals surface area (Å²) in [6.07, 6.45) is 2.65. The van der Waals surface area contributed by atoms with E-state index in [1.165, 1.54) is 6.20 Å². The van der Waals surface area contributed by atoms with Crippen molar-refractivity contribution in [3.05, 3.63) is 58.3 Å². The molecule has 6 heteroatoms. The van der Waals surface area contributed by atoms with Crippen molar-refractivity contribution in [3.63, 3.8) is 0 Å². The molecule has 0 fully saturated rings. The van der Waals surface area contributed by atoms with Crippen molar-refractivity contribution < 1.29 is 14.7 Å². The molecule has 1 amide bonds. The molecule has 1 atom stereocenters. The van der Waals surface area contributed by atoms with Gasteiger partial charge in [0.05, 0.1) is 6.42 Å². The second kappa shape index (κ2) is 5.05. The van der Waals surface area contributed by atoms with Crippen LogP contribution in [0.4, 0.5) is 5.69 Å². The molecule has 0 saturated carbocycles. The maximum Gasteiger partial charge on any atom is 0.261 e. The molecule has 1 aliphatic rings. The van der Waals surface area contributed by atoms with Crippen LogP contribution in [0.1, 0.15) is 22.3 Å². The number of nitrogens with zero attached hydrogens (tertiary/aromatic N) is 1. The van der Waals surface area contributed by atoms with E-state index in [9.17, 15) is 14.7 Å². The highest BCUT2D eigenvalue weighted by Crippen LogP contribution is 2.40. The summed E-state index contributed by atoms with van der Waals surface area (Å²) in [6.45, 7) is 0. The van der Waals surface area contributed by atoms with Crippen molar-refractivity contribution in [2.45, 2.75) is 12.0 Å². The van der Waals surface area contributed by atoms with Crippen molar-refractivity contribution in [1.82, 2.24) is 4.98 Å². The number of benzene rings is 1. The number of hydrogen-bond acceptors (Lipinski definition) is 4. The number of ketones is 1. The molecule has 21 heavy (non-hydrogen) atoms. The van der Waals surface area contributed by atoms with Crippen LogP contribution in [-0.2, 0) is 10.4 Å². The second-order valence-corrected chi connectivity index (χ2v) is 5.76. The Bertz CT molecular complexity index is 733. The van der Waals surface area contributed by atoms with E-state index in [-0.39, 0.29) is 12.2 Å². The van der Waals surface area contributed by atoms with Gasteiger partial charge < -0.3 is 10.4 Å². The fourth-order valence-corrected chi connectivity index (χ4v) is 2.71. The first kappa shape index (κ1) is 13.9. The molecule has 0 spiro atoms. The highest BCUT2D eigenvalue weighted by molar-refractivity contribution is 9.10. The Hall–Kier alpha value is -2.05. The van der Waals surface area contributed by atoms with E-state index in [0.29, 0.717) is 16.8 Å². The third-order valence-electron chi connectivity index (χ3n) is 3.45. The van der Waals surface area contributed by atoms with Gasteiger partial charge in [0, 0.05) is 33.7 Å². The zero-order chi connectivity index (χ0) is 15.0. The molecular weight excluding hydrogens is 336 g/mol. The number of anilines is 1. The van der Waals surface area contributed by atoms with E-state index in [0.717, 1.165) is 4.47 Å². The molecule has 0 saturated heterocycles. The second-order valence-electron chi connectivity index (χ2n) is 4.85. The number of amides is 1. The van der Waals surface area contributed by atoms with Gasteiger partial charge in [0.25, 0.3) is 5.91 Å². The Labute approximate surface area is 129 Å². The van der Waals surface area contributed by atoms with Gasteiger partial charge in [-0.3, -0.25) is 14.6 Å². The molecule has 106 valence electrons. The molecule has 0 bridgehead atoms. The van der Waals surface area contributed by atoms with Gasteiger partial charge >= 0.3 is 0 Å². The topological polar surface area (TPSA) is 79.3 Å². The summed E-state index contributed by atoms with van der Waals surface area (Å²) in [5.41, 5.74) is -0.572. The molecule has 3 rings (SSSR count). The summed E-state index contributed by atoms with van der Waals surface area (Å²) >= 11 is 3.30. The van der Waals surface area contributed by atoms with Crippen LogP contribution in [-0.4, -0.2) is 21.8 Å². The molecule has 2 N–H and O–H groups in total. The minimum absolute atomic E-state index is 0.325. The fraction of sp³-hybridized carbons (Fsp3) is 0.133. The monoisotopic (exact) mass is 346 g/mol. The number of aliphatic hydroxyl groups is 1. The van der Waals surface area contributed by atoms with Gasteiger partial charge in [-0.05, 0) is 30.3 Å². The largest absolute Gasteiger partial charge is 0.375 e. The zero-order valence-corrected chi connectivity index (χ0v) is 12.4. The Kier molecular flexibility index (Phi) is 3.35. The number of aromatic nitrogens is 1. The molecule has 0 aliphatic carbocycles. The van der Waals surface area contributed by atoms with Crippen molar-refractivity contribution in [2.75, 3.05) is 5.32 Å². The SMILES string of the molecule is O=C(C[C@@]1(O)C(=O)Nc2ccc(Br)cc21)c1cccnc1. The predicted octanol–water partition coefficient (Wildman–Crippen LogP) is 2.26. The number of rotatable bonds is 3. The summed E-state index contributed by atoms with van der Waals surface area (Å²) in [5.74, 6) is -0.929. The van der Waals surface area contributed by atoms with Crippen molar-refractivity contribution >= 4 is 33.3 Å². The van der Waals surface area contributed by atoms with E-state index in [1.54, 1.807) is 36.5 Å². The quantitative estimate of drug-likeness (QED) is 0.835. The van der Waals surface area contributed by atoms with Crippen LogP contribution in [0, 0.1) is 0 Å². The third kappa shape index (κ3) is 2.36. The smallest absolute Gasteiger partial charge is 0.261 e. The molecule has 5 nitrogen and oxygen atoms in total. The zero-order valence-electron chi connectivity index (χ0n) is 10.8. The number of halogens is 1. The lowest BCUT2D eigenvalue weighted by Gasteiger charge is -2.20. The molecule has 1 aromatic heterocycles. The first-order chi connectivity index (χ1) is 10.0. The van der Waals surface area contributed by atoms with Crippen molar-refractivity contribution in [3.8, 4) is 0 Å². The highest BCUT2D eigenvalue weighted by atomic mass is 79.9. The Balaban J connectivity index is 1.97. The molecule has 0 radical (unpaired) electrons. The van der Waals surface area contributed by atoms with Crippen LogP contribution in [0.25, 0.3) is 0 Å².